The number of halogens is 1. The van der Waals surface area contributed by atoms with Gasteiger partial charge in [-0.15, -0.1) is 0 Å². The van der Waals surface area contributed by atoms with E-state index in [0.29, 0.717) is 35.3 Å². The van der Waals surface area contributed by atoms with E-state index in [-0.39, 0.29) is 6.10 Å². The Morgan fingerprint density at radius 3 is 2.51 bits per heavy atom. The summed E-state index contributed by atoms with van der Waals surface area (Å²) >= 11 is 1.48. The van der Waals surface area contributed by atoms with E-state index in [9.17, 15) is 4.39 Å². The van der Waals surface area contributed by atoms with Crippen molar-refractivity contribution in [3.63, 3.8) is 0 Å². The first-order chi connectivity index (χ1) is 17.1. The average molecular weight is 496 g/mol. The number of hydrogen-bond donors (Lipinski definition) is 1. The van der Waals surface area contributed by atoms with Crippen molar-refractivity contribution in [2.24, 2.45) is 5.41 Å². The minimum Gasteiger partial charge on any atom is -0.460 e. The fourth-order valence-corrected chi connectivity index (χ4v) is 5.83. The lowest BCUT2D eigenvalue weighted by Gasteiger charge is -2.28. The molecule has 1 saturated heterocycles. The highest BCUT2D eigenvalue weighted by Crippen LogP contribution is 2.56. The monoisotopic (exact) mass is 495 g/mol. The molecule has 2 aliphatic carbocycles. The lowest BCUT2D eigenvalue weighted by atomic mass is 9.85. The zero-order chi connectivity index (χ0) is 23.7. The van der Waals surface area contributed by atoms with Gasteiger partial charge < -0.3 is 10.1 Å². The molecule has 3 aliphatic rings. The molecule has 3 aromatic heterocycles. The number of nitrogens with zero attached hydrogens (tertiary/aromatic N) is 6. The van der Waals surface area contributed by atoms with Crippen LogP contribution in [0.2, 0.25) is 0 Å². The summed E-state index contributed by atoms with van der Waals surface area (Å²) < 4.78 is 19.4. The smallest absolute Gasteiger partial charge is 0.317 e. The molecule has 0 bridgehead atoms. The second-order valence-electron chi connectivity index (χ2n) is 10.1. The number of alkyl halides is 1. The van der Waals surface area contributed by atoms with Crippen LogP contribution >= 0.6 is 11.3 Å². The Bertz CT molecular complexity index is 1130. The van der Waals surface area contributed by atoms with Gasteiger partial charge >= 0.3 is 6.01 Å². The summed E-state index contributed by atoms with van der Waals surface area (Å²) in [6.07, 6.45) is 15.4. The van der Waals surface area contributed by atoms with Gasteiger partial charge in [0.15, 0.2) is 5.13 Å². The Balaban J connectivity index is 1.04. The molecule has 0 unspecified atom stereocenters. The number of rotatable bonds is 7. The fourth-order valence-electron chi connectivity index (χ4n) is 5.05. The summed E-state index contributed by atoms with van der Waals surface area (Å²) in [7, 11) is 0. The Kier molecular flexibility index (Phi) is 6.32. The van der Waals surface area contributed by atoms with Gasteiger partial charge in [-0.05, 0) is 62.8 Å². The number of nitrogens with one attached hydrogen (secondary N) is 1. The van der Waals surface area contributed by atoms with E-state index in [1.165, 1.54) is 37.0 Å². The van der Waals surface area contributed by atoms with Crippen molar-refractivity contribution >= 4 is 22.4 Å². The molecule has 3 aromatic rings. The highest BCUT2D eigenvalue weighted by atomic mass is 32.1. The van der Waals surface area contributed by atoms with Crippen molar-refractivity contribution in [3.8, 4) is 16.6 Å². The molecular weight excluding hydrogens is 465 g/mol. The largest absolute Gasteiger partial charge is 0.460 e. The summed E-state index contributed by atoms with van der Waals surface area (Å²) in [4.78, 5) is 25.4. The number of likely N-dealkylation sites (tertiary alicyclic amines) is 1. The van der Waals surface area contributed by atoms with Crippen LogP contribution in [0.1, 0.15) is 56.9 Å². The number of ether oxygens (including phenoxy) is 1. The van der Waals surface area contributed by atoms with Gasteiger partial charge in [0.1, 0.15) is 12.3 Å². The fraction of sp³-hybridized carbons (Fsp3) is 0.560. The normalized spacial score (nSPS) is 20.7. The number of hydrogen-bond acceptors (Lipinski definition) is 9. The van der Waals surface area contributed by atoms with Crippen molar-refractivity contribution in [2.45, 2.75) is 70.2 Å². The van der Waals surface area contributed by atoms with Crippen LogP contribution in [-0.2, 0) is 6.54 Å². The molecule has 10 heteroatoms. The second kappa shape index (κ2) is 9.73. The first kappa shape index (κ1) is 22.7. The molecule has 0 amide bonds. The average Bonchev–Trinajstić information content (AvgIpc) is 3.47. The predicted molar refractivity (Wildman–Crippen MR) is 132 cm³/mol. The van der Waals surface area contributed by atoms with Crippen molar-refractivity contribution < 1.29 is 9.13 Å². The quantitative estimate of drug-likeness (QED) is 0.480. The van der Waals surface area contributed by atoms with Crippen molar-refractivity contribution in [1.82, 2.24) is 29.8 Å². The molecule has 4 heterocycles. The summed E-state index contributed by atoms with van der Waals surface area (Å²) in [6.45, 7) is 2.30. The molecule has 1 aliphatic heterocycles. The van der Waals surface area contributed by atoms with E-state index < -0.39 is 6.17 Å². The zero-order valence-corrected chi connectivity index (χ0v) is 20.5. The molecule has 0 radical (unpaired) electrons. The van der Waals surface area contributed by atoms with Crippen LogP contribution in [0.15, 0.2) is 30.9 Å². The number of anilines is 2. The maximum absolute atomic E-state index is 13.3. The van der Waals surface area contributed by atoms with Crippen LogP contribution in [0.3, 0.4) is 0 Å². The molecule has 8 nitrogen and oxygen atoms in total. The van der Waals surface area contributed by atoms with Crippen molar-refractivity contribution in [1.29, 1.82) is 0 Å². The summed E-state index contributed by atoms with van der Waals surface area (Å²) in [5, 5.41) is 3.87. The minimum absolute atomic E-state index is 0.214. The number of piperidine rings is 1. The molecule has 0 aromatic carbocycles. The van der Waals surface area contributed by atoms with Crippen molar-refractivity contribution in [2.75, 3.05) is 18.4 Å². The molecule has 35 heavy (non-hydrogen) atoms. The first-order valence-corrected chi connectivity index (χ1v) is 13.3. The lowest BCUT2D eigenvalue weighted by Crippen LogP contribution is -2.33. The van der Waals surface area contributed by atoms with E-state index in [4.69, 9.17) is 4.74 Å². The second-order valence-corrected chi connectivity index (χ2v) is 11.1. The molecule has 184 valence electrons. The third-order valence-electron chi connectivity index (χ3n) is 7.46. The van der Waals surface area contributed by atoms with E-state index in [0.717, 1.165) is 48.6 Å². The van der Waals surface area contributed by atoms with Crippen LogP contribution in [-0.4, -0.2) is 55.2 Å². The molecule has 6 rings (SSSR count). The van der Waals surface area contributed by atoms with Gasteiger partial charge in [-0.1, -0.05) is 11.3 Å². The van der Waals surface area contributed by atoms with Crippen LogP contribution in [0, 0.1) is 5.41 Å². The topological polar surface area (TPSA) is 89.0 Å². The Hall–Kier alpha value is -2.72. The van der Waals surface area contributed by atoms with E-state index >= 15 is 0 Å². The molecule has 2 saturated carbocycles. The van der Waals surface area contributed by atoms with Gasteiger partial charge in [0.25, 0.3) is 0 Å². The molecule has 1 N–H and O–H groups in total. The maximum atomic E-state index is 13.3. The third kappa shape index (κ3) is 5.59. The minimum atomic E-state index is -0.662. The molecule has 3 fully saturated rings. The van der Waals surface area contributed by atoms with Gasteiger partial charge in [0.2, 0.25) is 5.95 Å². The van der Waals surface area contributed by atoms with Gasteiger partial charge in [0.05, 0.1) is 10.6 Å². The maximum Gasteiger partial charge on any atom is 0.317 e. The Labute approximate surface area is 208 Å². The van der Waals surface area contributed by atoms with Gasteiger partial charge in [0, 0.05) is 50.0 Å². The molecule has 0 atom stereocenters. The van der Waals surface area contributed by atoms with Gasteiger partial charge in [-0.2, -0.15) is 4.98 Å². The summed E-state index contributed by atoms with van der Waals surface area (Å²) in [6, 6.07) is 2.32. The van der Waals surface area contributed by atoms with Crippen LogP contribution < -0.4 is 10.1 Å². The SMILES string of the molecule is FC1CCN(Cc2cnc(Nc3ncc(-c4ccnc(OC5CCC6(CC5)CC6)n4)s3)nc2)CC1. The lowest BCUT2D eigenvalue weighted by molar-refractivity contribution is 0.114. The molecule has 1 spiro atoms. The van der Waals surface area contributed by atoms with E-state index in [1.54, 1.807) is 12.4 Å². The summed E-state index contributed by atoms with van der Waals surface area (Å²) in [5.74, 6) is 0.495. The first-order valence-electron chi connectivity index (χ1n) is 12.5. The highest BCUT2D eigenvalue weighted by molar-refractivity contribution is 7.18. The number of thiazole rings is 1. The third-order valence-corrected chi connectivity index (χ3v) is 8.40. The van der Waals surface area contributed by atoms with Crippen LogP contribution in [0.25, 0.3) is 10.6 Å². The van der Waals surface area contributed by atoms with Crippen molar-refractivity contribution in [3.05, 3.63) is 36.4 Å². The standard InChI is InChI=1S/C25H30FN7OS/c26-18-4-11-33(12-5-18)16-17-13-28-22(29-14-17)32-24-30-15-21(35-24)20-3-10-27-23(31-20)34-19-1-6-25(7-2-19)8-9-25/h3,10,13-15,18-19H,1-2,4-9,11-12,16H2,(H,28,29,30,32). The number of aromatic nitrogens is 5. The Morgan fingerprint density at radius 2 is 1.77 bits per heavy atom. The highest BCUT2D eigenvalue weighted by Gasteiger charge is 2.45. The zero-order valence-electron chi connectivity index (χ0n) is 19.7. The van der Waals surface area contributed by atoms with E-state index in [2.05, 4.69) is 35.1 Å². The van der Waals surface area contributed by atoms with E-state index in [1.807, 2.05) is 18.5 Å². The van der Waals surface area contributed by atoms with Gasteiger partial charge in [-0.25, -0.2) is 24.3 Å². The molecular formula is C25H30FN7OS. The van der Waals surface area contributed by atoms with Gasteiger partial charge in [-0.3, -0.25) is 4.90 Å². The summed E-state index contributed by atoms with van der Waals surface area (Å²) in [5.41, 5.74) is 2.46. The predicted octanol–water partition coefficient (Wildman–Crippen LogP) is 5.17. The van der Waals surface area contributed by atoms with Crippen LogP contribution in [0.4, 0.5) is 15.5 Å². The van der Waals surface area contributed by atoms with Crippen LogP contribution in [0.5, 0.6) is 6.01 Å². The Morgan fingerprint density at radius 1 is 1.00 bits per heavy atom.